The van der Waals surface area contributed by atoms with E-state index in [4.69, 9.17) is 27.9 Å². The third-order valence-corrected chi connectivity index (χ3v) is 7.83. The van der Waals surface area contributed by atoms with E-state index in [1.807, 2.05) is 18.2 Å². The van der Waals surface area contributed by atoms with Crippen LogP contribution < -0.4 is 4.74 Å². The smallest absolute Gasteiger partial charge is 0.184 e. The molecule has 0 bridgehead atoms. The fraction of sp³-hybridized carbons (Fsp3) is 0.250. The Kier molecular flexibility index (Phi) is 3.87. The van der Waals surface area contributed by atoms with Gasteiger partial charge in [0.25, 0.3) is 0 Å². The van der Waals surface area contributed by atoms with Gasteiger partial charge in [-0.25, -0.2) is 8.42 Å². The van der Waals surface area contributed by atoms with E-state index in [1.54, 1.807) is 24.3 Å². The summed E-state index contributed by atoms with van der Waals surface area (Å²) in [6.45, 7) is 0. The Morgan fingerprint density at radius 2 is 1.64 bits per heavy atom. The molecular weight excluding hydrogens is 343 g/mol. The van der Waals surface area contributed by atoms with Gasteiger partial charge in [-0.3, -0.25) is 0 Å². The van der Waals surface area contributed by atoms with Crippen LogP contribution in [0.4, 0.5) is 0 Å². The summed E-state index contributed by atoms with van der Waals surface area (Å²) in [7, 11) is -2.09. The Hall–Kier alpha value is -1.23. The maximum absolute atomic E-state index is 12.8. The molecule has 3 atom stereocenters. The zero-order valence-electron chi connectivity index (χ0n) is 11.7. The topological polar surface area (TPSA) is 43.4 Å². The number of hydrogen-bond acceptors (Lipinski definition) is 3. The molecule has 1 fully saturated rings. The summed E-state index contributed by atoms with van der Waals surface area (Å²) in [5.41, 5.74) is 0.721. The summed E-state index contributed by atoms with van der Waals surface area (Å²) in [5, 5.41) is -1.51. The maximum atomic E-state index is 12.8. The van der Waals surface area contributed by atoms with Crippen LogP contribution in [0.15, 0.2) is 59.5 Å². The van der Waals surface area contributed by atoms with Gasteiger partial charge in [-0.05, 0) is 29.8 Å². The Bertz CT molecular complexity index is 775. The fourth-order valence-corrected chi connectivity index (χ4v) is 6.27. The summed E-state index contributed by atoms with van der Waals surface area (Å²) < 4.78 is 30.6. The highest BCUT2D eigenvalue weighted by Crippen LogP contribution is 2.60. The number of methoxy groups -OCH3 is 1. The first-order valence-electron chi connectivity index (χ1n) is 6.69. The average molecular weight is 357 g/mol. The van der Waals surface area contributed by atoms with E-state index < -0.39 is 25.3 Å². The van der Waals surface area contributed by atoms with E-state index in [-0.39, 0.29) is 4.90 Å². The molecule has 1 aliphatic carbocycles. The molecule has 0 amide bonds. The Morgan fingerprint density at radius 1 is 1.05 bits per heavy atom. The van der Waals surface area contributed by atoms with Gasteiger partial charge in [0.1, 0.15) is 15.9 Å². The van der Waals surface area contributed by atoms with Crippen molar-refractivity contribution in [1.29, 1.82) is 0 Å². The third kappa shape index (κ3) is 2.30. The molecule has 1 saturated carbocycles. The highest BCUT2D eigenvalue weighted by atomic mass is 35.5. The van der Waals surface area contributed by atoms with Crippen LogP contribution in [-0.4, -0.2) is 26.2 Å². The molecular formula is C16H14Cl2O3S. The lowest BCUT2D eigenvalue weighted by Crippen LogP contribution is -2.15. The predicted octanol–water partition coefficient (Wildman–Crippen LogP) is 3.59. The highest BCUT2D eigenvalue weighted by Gasteiger charge is 2.70. The third-order valence-electron chi connectivity index (χ3n) is 3.91. The lowest BCUT2D eigenvalue weighted by molar-refractivity contribution is 0.414. The maximum Gasteiger partial charge on any atom is 0.184 e. The Labute approximate surface area is 139 Å². The van der Waals surface area contributed by atoms with Gasteiger partial charge in [0.05, 0.1) is 17.4 Å². The number of ether oxygens (including phenoxy) is 1. The number of sulfone groups is 1. The van der Waals surface area contributed by atoms with Gasteiger partial charge in [-0.1, -0.05) is 30.3 Å². The second kappa shape index (κ2) is 5.44. The first-order valence-corrected chi connectivity index (χ1v) is 9.05. The molecule has 2 aromatic carbocycles. The standard InChI is InChI=1S/C16H14Cl2O3S/c1-21-12-7-9-13(10-8-12)22(19,20)15-14(17)16(15,18)11-5-3-2-4-6-11/h2-10,14-15H,1H3. The van der Waals surface area contributed by atoms with E-state index in [0.717, 1.165) is 5.56 Å². The summed E-state index contributed by atoms with van der Waals surface area (Å²) >= 11 is 12.8. The van der Waals surface area contributed by atoms with Crippen LogP contribution >= 0.6 is 23.2 Å². The van der Waals surface area contributed by atoms with Crippen LogP contribution in [0.25, 0.3) is 0 Å². The minimum absolute atomic E-state index is 0.197. The SMILES string of the molecule is COc1ccc(S(=O)(=O)C2C(Cl)C2(Cl)c2ccccc2)cc1. The molecule has 0 N–H and O–H groups in total. The second-order valence-electron chi connectivity index (χ2n) is 5.18. The molecule has 0 saturated heterocycles. The minimum Gasteiger partial charge on any atom is -0.497 e. The molecule has 0 aliphatic heterocycles. The lowest BCUT2D eigenvalue weighted by Gasteiger charge is -2.10. The normalized spacial score (nSPS) is 27.4. The van der Waals surface area contributed by atoms with E-state index in [1.165, 1.54) is 19.2 Å². The molecule has 3 rings (SSSR count). The number of hydrogen-bond donors (Lipinski definition) is 0. The molecule has 2 aromatic rings. The van der Waals surface area contributed by atoms with Crippen molar-refractivity contribution in [3.8, 4) is 5.75 Å². The summed E-state index contributed by atoms with van der Waals surface area (Å²) in [5.74, 6) is 0.595. The van der Waals surface area contributed by atoms with Crippen LogP contribution in [-0.2, 0) is 14.7 Å². The number of alkyl halides is 2. The van der Waals surface area contributed by atoms with Gasteiger partial charge in [-0.15, -0.1) is 23.2 Å². The van der Waals surface area contributed by atoms with E-state index in [0.29, 0.717) is 5.75 Å². The van der Waals surface area contributed by atoms with Crippen molar-refractivity contribution in [2.75, 3.05) is 7.11 Å². The second-order valence-corrected chi connectivity index (χ2v) is 8.34. The zero-order valence-corrected chi connectivity index (χ0v) is 14.1. The molecule has 0 aromatic heterocycles. The predicted molar refractivity (Wildman–Crippen MR) is 87.6 cm³/mol. The van der Waals surface area contributed by atoms with Crippen molar-refractivity contribution in [3.63, 3.8) is 0 Å². The Morgan fingerprint density at radius 3 is 2.18 bits per heavy atom. The molecule has 3 nitrogen and oxygen atoms in total. The van der Waals surface area contributed by atoms with Gasteiger partial charge in [-0.2, -0.15) is 0 Å². The van der Waals surface area contributed by atoms with Crippen LogP contribution in [0.2, 0.25) is 0 Å². The first-order chi connectivity index (χ1) is 10.4. The zero-order chi connectivity index (χ0) is 16.0. The van der Waals surface area contributed by atoms with E-state index in [2.05, 4.69) is 0 Å². The van der Waals surface area contributed by atoms with Crippen LogP contribution in [0.3, 0.4) is 0 Å². The van der Waals surface area contributed by atoms with Crippen molar-refractivity contribution >= 4 is 33.0 Å². The molecule has 6 heteroatoms. The number of halogens is 2. The van der Waals surface area contributed by atoms with Gasteiger partial charge in [0.2, 0.25) is 0 Å². The highest BCUT2D eigenvalue weighted by molar-refractivity contribution is 7.92. The first kappa shape index (κ1) is 15.7. The van der Waals surface area contributed by atoms with Gasteiger partial charge < -0.3 is 4.74 Å². The molecule has 22 heavy (non-hydrogen) atoms. The molecule has 0 radical (unpaired) electrons. The minimum atomic E-state index is -3.62. The fourth-order valence-electron chi connectivity index (χ4n) is 2.60. The average Bonchev–Trinajstić information content (AvgIpc) is 3.12. The van der Waals surface area contributed by atoms with Crippen molar-refractivity contribution in [3.05, 3.63) is 60.2 Å². The van der Waals surface area contributed by atoms with Crippen molar-refractivity contribution < 1.29 is 13.2 Å². The quantitative estimate of drug-likeness (QED) is 0.786. The molecule has 0 spiro atoms. The monoisotopic (exact) mass is 356 g/mol. The number of rotatable bonds is 4. The molecule has 1 aliphatic rings. The molecule has 0 heterocycles. The van der Waals surface area contributed by atoms with Crippen molar-refractivity contribution in [1.82, 2.24) is 0 Å². The lowest BCUT2D eigenvalue weighted by atomic mass is 10.1. The van der Waals surface area contributed by atoms with Gasteiger partial charge >= 0.3 is 0 Å². The van der Waals surface area contributed by atoms with Crippen LogP contribution in [0, 0.1) is 0 Å². The molecule has 3 unspecified atom stereocenters. The van der Waals surface area contributed by atoms with Crippen molar-refractivity contribution in [2.24, 2.45) is 0 Å². The largest absolute Gasteiger partial charge is 0.497 e. The van der Waals surface area contributed by atoms with Crippen LogP contribution in [0.1, 0.15) is 5.56 Å². The number of benzene rings is 2. The summed E-state index contributed by atoms with van der Waals surface area (Å²) in [4.78, 5) is -0.885. The van der Waals surface area contributed by atoms with Crippen LogP contribution in [0.5, 0.6) is 5.75 Å². The van der Waals surface area contributed by atoms with E-state index >= 15 is 0 Å². The van der Waals surface area contributed by atoms with Gasteiger partial charge in [0, 0.05) is 0 Å². The van der Waals surface area contributed by atoms with Gasteiger partial charge in [0.15, 0.2) is 9.84 Å². The summed E-state index contributed by atoms with van der Waals surface area (Å²) in [6.07, 6.45) is 0. The Balaban J connectivity index is 1.97. The summed E-state index contributed by atoms with van der Waals surface area (Å²) in [6, 6.07) is 15.3. The molecule has 116 valence electrons. The van der Waals surface area contributed by atoms with Crippen molar-refractivity contribution in [2.45, 2.75) is 20.4 Å². The van der Waals surface area contributed by atoms with E-state index in [9.17, 15) is 8.42 Å².